The number of sulfonamides is 1. The zero-order valence-corrected chi connectivity index (χ0v) is 25.2. The van der Waals surface area contributed by atoms with E-state index in [0.29, 0.717) is 40.8 Å². The molecule has 1 aromatic heterocycles. The normalized spacial score (nSPS) is 19.5. The zero-order valence-electron chi connectivity index (χ0n) is 22.8. The van der Waals surface area contributed by atoms with Crippen LogP contribution in [0.1, 0.15) is 30.6 Å². The molecule has 0 unspecified atom stereocenters. The molecule has 13 heteroatoms. The number of hydrogen-bond donors (Lipinski definition) is 3. The number of nitrogens with zero attached hydrogens (tertiary/aromatic N) is 2. The molecule has 5 rings (SSSR count). The largest absolute Gasteiger partial charge is 0.336 e. The summed E-state index contributed by atoms with van der Waals surface area (Å²) in [7, 11) is -3.89. The fraction of sp³-hybridized carbons (Fsp3) is 0.345. The Hall–Kier alpha value is -3.45. The van der Waals surface area contributed by atoms with E-state index in [1.807, 2.05) is 42.5 Å². The maximum absolute atomic E-state index is 13.2. The smallest absolute Gasteiger partial charge is 0.319 e. The molecule has 3 N–H and O–H groups in total. The van der Waals surface area contributed by atoms with E-state index < -0.39 is 22.0 Å². The Morgan fingerprint density at radius 3 is 2.62 bits per heavy atom. The number of amides is 4. The number of fused-ring (bicyclic) bond motifs is 1. The van der Waals surface area contributed by atoms with E-state index >= 15 is 0 Å². The SMILES string of the molecule is O=C(NC[C@H]1CCCN1C(=O)CN1CCC[C@H](NS(=O)(=O)/C=C/c2ccc(Cl)s2)C1=O)Nc1cccc2ccccc12. The maximum atomic E-state index is 13.2. The van der Waals surface area contributed by atoms with Gasteiger partial charge in [0.15, 0.2) is 0 Å². The number of rotatable bonds is 9. The van der Waals surface area contributed by atoms with E-state index in [2.05, 4.69) is 15.4 Å². The number of likely N-dealkylation sites (tertiary alicyclic amines) is 2. The molecule has 10 nitrogen and oxygen atoms in total. The van der Waals surface area contributed by atoms with Crippen LogP contribution in [-0.4, -0.2) is 74.3 Å². The van der Waals surface area contributed by atoms with E-state index in [0.717, 1.165) is 29.0 Å². The first kappa shape index (κ1) is 30.0. The quantitative estimate of drug-likeness (QED) is 0.326. The molecule has 2 atom stereocenters. The fourth-order valence-electron chi connectivity index (χ4n) is 5.36. The minimum atomic E-state index is -3.89. The highest BCUT2D eigenvalue weighted by Crippen LogP contribution is 2.24. The van der Waals surface area contributed by atoms with E-state index in [1.54, 1.807) is 17.0 Å². The van der Waals surface area contributed by atoms with Crippen LogP contribution in [-0.2, 0) is 19.6 Å². The number of piperidine rings is 1. The highest BCUT2D eigenvalue weighted by molar-refractivity contribution is 7.92. The topological polar surface area (TPSA) is 128 Å². The van der Waals surface area contributed by atoms with E-state index in [4.69, 9.17) is 11.6 Å². The number of hydrogen-bond acceptors (Lipinski definition) is 6. The number of anilines is 1. The highest BCUT2D eigenvalue weighted by Gasteiger charge is 2.35. The van der Waals surface area contributed by atoms with Crippen LogP contribution in [0.5, 0.6) is 0 Å². The van der Waals surface area contributed by atoms with Gasteiger partial charge in [-0.25, -0.2) is 13.2 Å². The van der Waals surface area contributed by atoms with Crippen molar-refractivity contribution in [3.63, 3.8) is 0 Å². The third-order valence-corrected chi connectivity index (χ3v) is 9.71. The molecule has 0 radical (unpaired) electrons. The molecule has 2 saturated heterocycles. The molecule has 0 bridgehead atoms. The van der Waals surface area contributed by atoms with Gasteiger partial charge in [-0.1, -0.05) is 48.0 Å². The van der Waals surface area contributed by atoms with Crippen LogP contribution < -0.4 is 15.4 Å². The molecule has 0 saturated carbocycles. The van der Waals surface area contributed by atoms with Crippen LogP contribution in [0, 0.1) is 0 Å². The van der Waals surface area contributed by atoms with Gasteiger partial charge >= 0.3 is 6.03 Å². The lowest BCUT2D eigenvalue weighted by Gasteiger charge is -2.34. The van der Waals surface area contributed by atoms with Crippen LogP contribution in [0.25, 0.3) is 16.8 Å². The Kier molecular flexibility index (Phi) is 9.47. The molecule has 4 amide bonds. The summed E-state index contributed by atoms with van der Waals surface area (Å²) in [4.78, 5) is 42.8. The van der Waals surface area contributed by atoms with Gasteiger partial charge in [-0.05, 0) is 55.3 Å². The summed E-state index contributed by atoms with van der Waals surface area (Å²) >= 11 is 7.14. The van der Waals surface area contributed by atoms with Crippen molar-refractivity contribution in [2.24, 2.45) is 0 Å². The molecule has 3 aromatic rings. The van der Waals surface area contributed by atoms with Gasteiger partial charge < -0.3 is 20.4 Å². The second kappa shape index (κ2) is 13.2. The first-order valence-electron chi connectivity index (χ1n) is 13.8. The zero-order chi connectivity index (χ0) is 29.7. The third kappa shape index (κ3) is 7.49. The van der Waals surface area contributed by atoms with E-state index in [9.17, 15) is 22.8 Å². The van der Waals surface area contributed by atoms with Gasteiger partial charge in [0.05, 0.1) is 16.6 Å². The number of halogens is 1. The molecule has 42 heavy (non-hydrogen) atoms. The minimum absolute atomic E-state index is 0.140. The molecule has 2 fully saturated rings. The lowest BCUT2D eigenvalue weighted by atomic mass is 10.1. The van der Waals surface area contributed by atoms with Crippen LogP contribution in [0.15, 0.2) is 60.0 Å². The summed E-state index contributed by atoms with van der Waals surface area (Å²) in [6.45, 7) is 1.04. The molecule has 0 spiro atoms. The molecule has 0 aliphatic carbocycles. The maximum Gasteiger partial charge on any atom is 0.319 e. The number of benzene rings is 2. The molecule has 222 valence electrons. The van der Waals surface area contributed by atoms with Gasteiger partial charge in [0.1, 0.15) is 6.04 Å². The van der Waals surface area contributed by atoms with Gasteiger partial charge in [-0.2, -0.15) is 4.72 Å². The fourth-order valence-corrected chi connectivity index (χ4v) is 7.43. The molecule has 2 aromatic carbocycles. The summed E-state index contributed by atoms with van der Waals surface area (Å²) in [5.41, 5.74) is 0.699. The third-order valence-electron chi connectivity index (χ3n) is 7.40. The van der Waals surface area contributed by atoms with Crippen molar-refractivity contribution >= 4 is 73.3 Å². The van der Waals surface area contributed by atoms with Crippen molar-refractivity contribution in [1.29, 1.82) is 0 Å². The Balaban J connectivity index is 1.13. The minimum Gasteiger partial charge on any atom is -0.336 e. The van der Waals surface area contributed by atoms with Gasteiger partial charge in [-0.15, -0.1) is 11.3 Å². The average molecular weight is 630 g/mol. The van der Waals surface area contributed by atoms with Crippen molar-refractivity contribution in [3.8, 4) is 0 Å². The number of carbonyl (C=O) groups is 3. The summed E-state index contributed by atoms with van der Waals surface area (Å²) in [5, 5.41) is 8.74. The predicted molar refractivity (Wildman–Crippen MR) is 166 cm³/mol. The molecule has 3 heterocycles. The van der Waals surface area contributed by atoms with Crippen LogP contribution in [0.2, 0.25) is 4.34 Å². The Morgan fingerprint density at radius 1 is 1.02 bits per heavy atom. The first-order chi connectivity index (χ1) is 20.2. The first-order valence-corrected chi connectivity index (χ1v) is 16.5. The number of thiophene rings is 1. The van der Waals surface area contributed by atoms with Crippen molar-refractivity contribution in [2.45, 2.75) is 37.8 Å². The van der Waals surface area contributed by atoms with Crippen molar-refractivity contribution in [1.82, 2.24) is 19.8 Å². The van der Waals surface area contributed by atoms with Crippen molar-refractivity contribution in [3.05, 3.63) is 69.2 Å². The highest BCUT2D eigenvalue weighted by atomic mass is 35.5. The summed E-state index contributed by atoms with van der Waals surface area (Å²) in [6.07, 6.45) is 3.87. The van der Waals surface area contributed by atoms with Gasteiger partial charge in [0.2, 0.25) is 21.8 Å². The Labute approximate surface area is 253 Å². The van der Waals surface area contributed by atoms with Crippen LogP contribution in [0.3, 0.4) is 0 Å². The van der Waals surface area contributed by atoms with Crippen molar-refractivity contribution in [2.75, 3.05) is 31.5 Å². The molecule has 2 aliphatic heterocycles. The molecule has 2 aliphatic rings. The molecular weight excluding hydrogens is 598 g/mol. The second-order valence-electron chi connectivity index (χ2n) is 10.3. The predicted octanol–water partition coefficient (Wildman–Crippen LogP) is 4.25. The number of carbonyl (C=O) groups excluding carboxylic acids is 3. The average Bonchev–Trinajstić information content (AvgIpc) is 3.62. The van der Waals surface area contributed by atoms with Crippen molar-refractivity contribution < 1.29 is 22.8 Å². The standard InChI is InChI=1S/C29H32ClN5O5S2/c30-26-13-12-22(41-26)14-17-42(39,40)33-25-11-5-15-34(28(25)37)19-27(36)35-16-4-8-21(35)18-31-29(38)32-24-10-3-7-20-6-1-2-9-23(20)24/h1-3,6-7,9-10,12-14,17,21,25,33H,4-5,8,11,15-16,18-19H2,(H2,31,32,38)/b17-14+/t21-,25+/m1/s1. The van der Waals surface area contributed by atoms with Gasteiger partial charge in [0.25, 0.3) is 0 Å². The second-order valence-corrected chi connectivity index (χ2v) is 13.7. The Morgan fingerprint density at radius 2 is 1.81 bits per heavy atom. The van der Waals surface area contributed by atoms with Gasteiger partial charge in [0, 0.05) is 41.3 Å². The van der Waals surface area contributed by atoms with E-state index in [-0.39, 0.29) is 31.1 Å². The lowest BCUT2D eigenvalue weighted by Crippen LogP contribution is -2.55. The number of urea groups is 1. The van der Waals surface area contributed by atoms with Crippen LogP contribution in [0.4, 0.5) is 10.5 Å². The Bertz CT molecular complexity index is 1600. The van der Waals surface area contributed by atoms with E-state index in [1.165, 1.54) is 22.3 Å². The van der Waals surface area contributed by atoms with Gasteiger partial charge in [-0.3, -0.25) is 9.59 Å². The van der Waals surface area contributed by atoms with Crippen LogP contribution >= 0.6 is 22.9 Å². The monoisotopic (exact) mass is 629 g/mol. The number of nitrogens with one attached hydrogen (secondary N) is 3. The summed E-state index contributed by atoms with van der Waals surface area (Å²) < 4.78 is 28.2. The lowest BCUT2D eigenvalue weighted by molar-refractivity contribution is -0.143. The summed E-state index contributed by atoms with van der Waals surface area (Å²) in [5.74, 6) is -0.644. The molecular formula is C29H32ClN5O5S2. The summed E-state index contributed by atoms with van der Waals surface area (Å²) in [6, 6.07) is 15.4.